The highest BCUT2D eigenvalue weighted by molar-refractivity contribution is 7.92. The van der Waals surface area contributed by atoms with E-state index in [1.807, 2.05) is 0 Å². The molecule has 11 heteroatoms. The van der Waals surface area contributed by atoms with Gasteiger partial charge in [-0.2, -0.15) is 4.98 Å². The number of aromatic nitrogens is 4. The Hall–Kier alpha value is -2.10. The number of rotatable bonds is 4. The standard InChI is InChI=1S/C12H9Cl2N5O3S/c1-22-9-5-8(14)10(6-7(9)13)23(20,21)18-11-16-12-15-3-2-4-19(12)17-11/h2-6H,1H3,(H,17,18). The monoisotopic (exact) mass is 373 g/mol. The fourth-order valence-electron chi connectivity index (χ4n) is 1.82. The summed E-state index contributed by atoms with van der Waals surface area (Å²) in [6, 6.07) is 4.15. The summed E-state index contributed by atoms with van der Waals surface area (Å²) in [4.78, 5) is 7.70. The van der Waals surface area contributed by atoms with Gasteiger partial charge in [-0.05, 0) is 12.1 Å². The first kappa shape index (κ1) is 15.8. The van der Waals surface area contributed by atoms with E-state index in [4.69, 9.17) is 27.9 Å². The molecule has 0 bridgehead atoms. The van der Waals surface area contributed by atoms with Crippen molar-refractivity contribution in [1.82, 2.24) is 19.6 Å². The molecule has 0 aliphatic carbocycles. The molecular weight excluding hydrogens is 365 g/mol. The number of sulfonamides is 1. The predicted molar refractivity (Wildman–Crippen MR) is 84.6 cm³/mol. The fraction of sp³-hybridized carbons (Fsp3) is 0.0833. The number of ether oxygens (including phenoxy) is 1. The Morgan fingerprint density at radius 1 is 1.26 bits per heavy atom. The highest BCUT2D eigenvalue weighted by Crippen LogP contribution is 2.33. The van der Waals surface area contributed by atoms with Crippen LogP contribution in [0.25, 0.3) is 5.78 Å². The Bertz CT molecular complexity index is 957. The van der Waals surface area contributed by atoms with Gasteiger partial charge in [0.2, 0.25) is 0 Å². The molecule has 3 rings (SSSR count). The number of hydrogen-bond acceptors (Lipinski definition) is 6. The molecule has 0 aliphatic rings. The molecule has 1 aromatic carbocycles. The van der Waals surface area contributed by atoms with Crippen LogP contribution in [0.3, 0.4) is 0 Å². The molecule has 23 heavy (non-hydrogen) atoms. The molecule has 0 saturated heterocycles. The number of nitrogens with one attached hydrogen (secondary N) is 1. The molecule has 120 valence electrons. The van der Waals surface area contributed by atoms with Crippen molar-refractivity contribution in [1.29, 1.82) is 0 Å². The summed E-state index contributed by atoms with van der Waals surface area (Å²) in [6.07, 6.45) is 3.10. The lowest BCUT2D eigenvalue weighted by Gasteiger charge is -2.09. The average Bonchev–Trinajstić information content (AvgIpc) is 2.90. The molecule has 2 aromatic heterocycles. The predicted octanol–water partition coefficient (Wildman–Crippen LogP) is 2.24. The lowest BCUT2D eigenvalue weighted by molar-refractivity contribution is 0.414. The smallest absolute Gasteiger partial charge is 0.265 e. The summed E-state index contributed by atoms with van der Waals surface area (Å²) in [7, 11) is -2.63. The Kier molecular flexibility index (Phi) is 4.00. The van der Waals surface area contributed by atoms with E-state index in [1.165, 1.54) is 30.0 Å². The lowest BCUT2D eigenvalue weighted by atomic mass is 10.3. The third kappa shape index (κ3) is 3.03. The summed E-state index contributed by atoms with van der Waals surface area (Å²) in [5.41, 5.74) is 0. The van der Waals surface area contributed by atoms with Gasteiger partial charge >= 0.3 is 0 Å². The molecule has 0 fully saturated rings. The summed E-state index contributed by atoms with van der Waals surface area (Å²) >= 11 is 11.9. The Balaban J connectivity index is 2.00. The molecule has 8 nitrogen and oxygen atoms in total. The minimum atomic E-state index is -4.03. The van der Waals surface area contributed by atoms with E-state index in [9.17, 15) is 8.42 Å². The van der Waals surface area contributed by atoms with E-state index in [0.717, 1.165) is 0 Å². The van der Waals surface area contributed by atoms with Crippen LogP contribution in [0.5, 0.6) is 5.75 Å². The largest absolute Gasteiger partial charge is 0.495 e. The van der Waals surface area contributed by atoms with Crippen LogP contribution in [0.1, 0.15) is 0 Å². The van der Waals surface area contributed by atoms with E-state index in [1.54, 1.807) is 12.3 Å². The van der Waals surface area contributed by atoms with Crippen molar-refractivity contribution in [3.8, 4) is 5.75 Å². The lowest BCUT2D eigenvalue weighted by Crippen LogP contribution is -2.14. The van der Waals surface area contributed by atoms with Crippen molar-refractivity contribution in [2.75, 3.05) is 11.8 Å². The van der Waals surface area contributed by atoms with Gasteiger partial charge in [-0.25, -0.2) is 22.6 Å². The van der Waals surface area contributed by atoms with Crippen molar-refractivity contribution < 1.29 is 13.2 Å². The SMILES string of the molecule is COc1cc(Cl)c(S(=O)(=O)Nc2nc3ncccn3n2)cc1Cl. The number of hydrogen-bond donors (Lipinski definition) is 1. The minimum Gasteiger partial charge on any atom is -0.495 e. The van der Waals surface area contributed by atoms with E-state index in [0.29, 0.717) is 0 Å². The molecule has 3 aromatic rings. The van der Waals surface area contributed by atoms with Gasteiger partial charge < -0.3 is 4.74 Å². The second kappa shape index (κ2) is 5.84. The highest BCUT2D eigenvalue weighted by Gasteiger charge is 2.22. The first-order valence-electron chi connectivity index (χ1n) is 6.14. The molecule has 0 unspecified atom stereocenters. The first-order valence-corrected chi connectivity index (χ1v) is 8.38. The second-order valence-electron chi connectivity index (χ2n) is 4.32. The summed E-state index contributed by atoms with van der Waals surface area (Å²) < 4.78 is 33.4. The maximum absolute atomic E-state index is 12.4. The van der Waals surface area contributed by atoms with Crippen molar-refractivity contribution in [3.63, 3.8) is 0 Å². The van der Waals surface area contributed by atoms with Gasteiger partial charge in [0.1, 0.15) is 10.6 Å². The average molecular weight is 374 g/mol. The normalized spacial score (nSPS) is 11.6. The quantitative estimate of drug-likeness (QED) is 0.752. The van der Waals surface area contributed by atoms with E-state index < -0.39 is 10.0 Å². The van der Waals surface area contributed by atoms with Gasteiger partial charge in [0.05, 0.1) is 17.2 Å². The van der Waals surface area contributed by atoms with Gasteiger partial charge in [-0.15, -0.1) is 5.10 Å². The number of halogens is 2. The third-order valence-corrected chi connectivity index (χ3v) is 4.93. The molecule has 2 heterocycles. The topological polar surface area (TPSA) is 98.5 Å². The minimum absolute atomic E-state index is 0.0411. The highest BCUT2D eigenvalue weighted by atomic mass is 35.5. The van der Waals surface area contributed by atoms with Crippen molar-refractivity contribution in [2.24, 2.45) is 0 Å². The summed E-state index contributed by atoms with van der Waals surface area (Å²) in [5, 5.41) is 4.03. The zero-order valence-electron chi connectivity index (χ0n) is 11.6. The van der Waals surface area contributed by atoms with E-state index in [2.05, 4.69) is 19.8 Å². The van der Waals surface area contributed by atoms with Gasteiger partial charge in [0.15, 0.2) is 0 Å². The zero-order valence-corrected chi connectivity index (χ0v) is 13.9. The maximum Gasteiger partial charge on any atom is 0.265 e. The molecule has 1 N–H and O–H groups in total. The van der Waals surface area contributed by atoms with Crippen molar-refractivity contribution in [2.45, 2.75) is 4.90 Å². The maximum atomic E-state index is 12.4. The molecular formula is C12H9Cl2N5O3S. The van der Waals surface area contributed by atoms with Crippen LogP contribution < -0.4 is 9.46 Å². The molecule has 0 aliphatic heterocycles. The van der Waals surface area contributed by atoms with E-state index >= 15 is 0 Å². The van der Waals surface area contributed by atoms with Crippen LogP contribution in [0.15, 0.2) is 35.5 Å². The van der Waals surface area contributed by atoms with Gasteiger partial charge in [0, 0.05) is 18.5 Å². The van der Waals surface area contributed by atoms with Crippen LogP contribution in [-0.2, 0) is 10.0 Å². The Morgan fingerprint density at radius 3 is 2.74 bits per heavy atom. The van der Waals surface area contributed by atoms with Crippen molar-refractivity contribution >= 4 is 45.0 Å². The molecule has 0 atom stereocenters. The van der Waals surface area contributed by atoms with Crippen molar-refractivity contribution in [3.05, 3.63) is 40.6 Å². The van der Waals surface area contributed by atoms with Gasteiger partial charge in [-0.1, -0.05) is 23.2 Å². The molecule has 0 saturated carbocycles. The Morgan fingerprint density at radius 2 is 2.04 bits per heavy atom. The van der Waals surface area contributed by atoms with Crippen LogP contribution in [-0.4, -0.2) is 35.1 Å². The number of nitrogens with zero attached hydrogens (tertiary/aromatic N) is 4. The number of fused-ring (bicyclic) bond motifs is 1. The second-order valence-corrected chi connectivity index (χ2v) is 6.79. The number of anilines is 1. The summed E-state index contributed by atoms with van der Waals surface area (Å²) in [5.74, 6) is 0.390. The van der Waals surface area contributed by atoms with Gasteiger partial charge in [0.25, 0.3) is 21.7 Å². The van der Waals surface area contributed by atoms with Gasteiger partial charge in [-0.3, -0.25) is 0 Å². The van der Waals surface area contributed by atoms with Crippen LogP contribution in [0.4, 0.5) is 5.95 Å². The van der Waals surface area contributed by atoms with E-state index in [-0.39, 0.29) is 32.4 Å². The van der Waals surface area contributed by atoms with Crippen LogP contribution >= 0.6 is 23.2 Å². The zero-order chi connectivity index (χ0) is 16.6. The van der Waals surface area contributed by atoms with Crippen LogP contribution in [0.2, 0.25) is 10.0 Å². The number of benzene rings is 1. The Labute approximate surface area is 141 Å². The third-order valence-electron chi connectivity index (χ3n) is 2.84. The van der Waals surface area contributed by atoms with Crippen LogP contribution in [0, 0.1) is 0 Å². The molecule has 0 spiro atoms. The first-order chi connectivity index (χ1) is 10.9. The number of methoxy groups -OCH3 is 1. The summed E-state index contributed by atoms with van der Waals surface area (Å²) in [6.45, 7) is 0. The molecule has 0 radical (unpaired) electrons. The molecule has 0 amide bonds. The fourth-order valence-corrected chi connectivity index (χ4v) is 3.61.